The molecule has 19 heavy (non-hydrogen) atoms. The first kappa shape index (κ1) is 18.4. The van der Waals surface area contributed by atoms with E-state index in [4.69, 9.17) is 0 Å². The predicted molar refractivity (Wildman–Crippen MR) is 66.3 cm³/mol. The first-order chi connectivity index (χ1) is 7.86. The maximum atomic E-state index is 9.87. The Morgan fingerprint density at radius 1 is 0.842 bits per heavy atom. The van der Waals surface area contributed by atoms with Crippen molar-refractivity contribution in [3.63, 3.8) is 0 Å². The topological polar surface area (TPSA) is 20.2 Å². The molecule has 4 heteroatoms. The average Bonchev–Trinajstić information content (AvgIpc) is 2.77. The van der Waals surface area contributed by atoms with Crippen LogP contribution >= 0.6 is 0 Å². The summed E-state index contributed by atoms with van der Waals surface area (Å²) >= 11 is 0. The Balaban J connectivity index is 0.00000108. The number of halogens is 2. The number of phenolic OH excluding ortho intramolecular Hbond substituents is 1. The summed E-state index contributed by atoms with van der Waals surface area (Å²) in [5.74, 6) is 0.344. The molecule has 1 N–H and O–H groups in total. The van der Waals surface area contributed by atoms with E-state index in [2.05, 4.69) is 24.3 Å². The summed E-state index contributed by atoms with van der Waals surface area (Å²) in [5.41, 5.74) is 4.60. The SMILES string of the molecule is Oc1ccccc1-c1cccc2c1C=CC2.[Cl-].[Cl-].[Hf]. The van der Waals surface area contributed by atoms with Crippen molar-refractivity contribution in [3.8, 4) is 16.9 Å². The molecular weight excluding hydrogens is 446 g/mol. The van der Waals surface area contributed by atoms with Gasteiger partial charge in [0.2, 0.25) is 0 Å². The molecule has 98 valence electrons. The molecule has 0 atom stereocenters. The summed E-state index contributed by atoms with van der Waals surface area (Å²) in [6.45, 7) is 0. The van der Waals surface area contributed by atoms with Crippen LogP contribution in [-0.4, -0.2) is 5.11 Å². The van der Waals surface area contributed by atoms with Crippen molar-refractivity contribution in [2.75, 3.05) is 0 Å². The van der Waals surface area contributed by atoms with Crippen LogP contribution in [0.15, 0.2) is 48.5 Å². The van der Waals surface area contributed by atoms with E-state index in [0.717, 1.165) is 17.5 Å². The second-order valence-electron chi connectivity index (χ2n) is 4.00. The molecule has 1 nitrogen and oxygen atoms in total. The summed E-state index contributed by atoms with van der Waals surface area (Å²) < 4.78 is 0. The molecular formula is C15H12Cl2HfO-2. The van der Waals surface area contributed by atoms with Crippen molar-refractivity contribution >= 4 is 6.08 Å². The molecule has 0 heterocycles. The summed E-state index contributed by atoms with van der Waals surface area (Å²) in [5, 5.41) is 9.87. The van der Waals surface area contributed by atoms with Crippen LogP contribution < -0.4 is 24.8 Å². The van der Waals surface area contributed by atoms with Gasteiger partial charge in [-0.2, -0.15) is 0 Å². The van der Waals surface area contributed by atoms with E-state index in [0.29, 0.717) is 5.75 Å². The molecule has 1 aliphatic rings. The number of rotatable bonds is 1. The molecule has 1 aliphatic carbocycles. The van der Waals surface area contributed by atoms with Crippen molar-refractivity contribution in [3.05, 3.63) is 59.7 Å². The quantitative estimate of drug-likeness (QED) is 0.475. The summed E-state index contributed by atoms with van der Waals surface area (Å²) in [6.07, 6.45) is 5.29. The molecule has 0 unspecified atom stereocenters. The fourth-order valence-electron chi connectivity index (χ4n) is 2.23. The first-order valence-electron chi connectivity index (χ1n) is 5.43. The molecule has 0 spiro atoms. The standard InChI is InChI=1S/C15H12O.2ClH.Hf/c16-15-10-2-1-7-14(15)13-9-4-6-11-5-3-8-12(11)13;;;/h1-4,6-10,16H,5H2;2*1H;/p-2. The van der Waals surface area contributed by atoms with Gasteiger partial charge in [0.15, 0.2) is 0 Å². The van der Waals surface area contributed by atoms with E-state index in [1.54, 1.807) is 6.07 Å². The molecule has 0 amide bonds. The zero-order valence-corrected chi connectivity index (χ0v) is 15.2. The summed E-state index contributed by atoms with van der Waals surface area (Å²) in [7, 11) is 0. The van der Waals surface area contributed by atoms with Gasteiger partial charge in [-0.25, -0.2) is 0 Å². The minimum Gasteiger partial charge on any atom is -1.00 e. The van der Waals surface area contributed by atoms with Crippen LogP contribution in [0.3, 0.4) is 0 Å². The molecule has 0 radical (unpaired) electrons. The zero-order chi connectivity index (χ0) is 11.0. The third kappa shape index (κ3) is 3.50. The Kier molecular flexibility index (Phi) is 7.65. The molecule has 0 fully saturated rings. The molecule has 0 saturated carbocycles. The van der Waals surface area contributed by atoms with Gasteiger partial charge in [-0.05, 0) is 29.2 Å². The van der Waals surface area contributed by atoms with Crippen LogP contribution in [0.4, 0.5) is 0 Å². The maximum absolute atomic E-state index is 9.87. The molecule has 2 aromatic carbocycles. The number of aromatic hydroxyl groups is 1. The van der Waals surface area contributed by atoms with Crippen molar-refractivity contribution in [2.45, 2.75) is 6.42 Å². The monoisotopic (exact) mass is 458 g/mol. The second-order valence-corrected chi connectivity index (χ2v) is 4.00. The van der Waals surface area contributed by atoms with E-state index in [1.807, 2.05) is 24.3 Å². The van der Waals surface area contributed by atoms with Crippen LogP contribution in [-0.2, 0) is 32.3 Å². The zero-order valence-electron chi connectivity index (χ0n) is 10.1. The van der Waals surface area contributed by atoms with Gasteiger partial charge < -0.3 is 29.9 Å². The minimum absolute atomic E-state index is 0. The number of benzene rings is 2. The van der Waals surface area contributed by atoms with Crippen molar-refractivity contribution in [1.29, 1.82) is 0 Å². The number of hydrogen-bond acceptors (Lipinski definition) is 1. The van der Waals surface area contributed by atoms with Gasteiger partial charge in [0.05, 0.1) is 0 Å². The van der Waals surface area contributed by atoms with Gasteiger partial charge in [-0.1, -0.05) is 48.6 Å². The Hall–Kier alpha value is -0.570. The number of para-hydroxylation sites is 1. The summed E-state index contributed by atoms with van der Waals surface area (Å²) in [4.78, 5) is 0. The number of fused-ring (bicyclic) bond motifs is 1. The Labute approximate surface area is 144 Å². The maximum Gasteiger partial charge on any atom is 0.123 e. The van der Waals surface area contributed by atoms with Crippen molar-refractivity contribution in [2.24, 2.45) is 0 Å². The van der Waals surface area contributed by atoms with Gasteiger partial charge in [0, 0.05) is 31.4 Å². The van der Waals surface area contributed by atoms with E-state index < -0.39 is 0 Å². The van der Waals surface area contributed by atoms with Crippen molar-refractivity contribution < 1.29 is 55.8 Å². The van der Waals surface area contributed by atoms with Crippen LogP contribution in [0.2, 0.25) is 0 Å². The molecule has 0 aliphatic heterocycles. The van der Waals surface area contributed by atoms with Gasteiger partial charge in [0.1, 0.15) is 5.75 Å². The van der Waals surface area contributed by atoms with Gasteiger partial charge in [0.25, 0.3) is 0 Å². The Bertz CT molecular complexity index is 582. The number of phenols is 1. The smallest absolute Gasteiger partial charge is 0.123 e. The van der Waals surface area contributed by atoms with Gasteiger partial charge in [-0.3, -0.25) is 0 Å². The van der Waals surface area contributed by atoms with Gasteiger partial charge in [-0.15, -0.1) is 0 Å². The predicted octanol–water partition coefficient (Wildman–Crippen LogP) is -2.37. The third-order valence-corrected chi connectivity index (χ3v) is 3.01. The third-order valence-electron chi connectivity index (χ3n) is 3.01. The molecule has 0 saturated heterocycles. The molecule has 3 rings (SSSR count). The van der Waals surface area contributed by atoms with E-state index >= 15 is 0 Å². The fourth-order valence-corrected chi connectivity index (χ4v) is 2.23. The molecule has 0 bridgehead atoms. The fraction of sp³-hybridized carbons (Fsp3) is 0.0667. The molecule has 2 aromatic rings. The van der Waals surface area contributed by atoms with Crippen LogP contribution in [0, 0.1) is 0 Å². The minimum atomic E-state index is 0. The first-order valence-corrected chi connectivity index (χ1v) is 5.43. The van der Waals surface area contributed by atoms with E-state index in [-0.39, 0.29) is 50.7 Å². The largest absolute Gasteiger partial charge is 1.00 e. The van der Waals surface area contributed by atoms with Crippen LogP contribution in [0.1, 0.15) is 11.1 Å². The second kappa shape index (κ2) is 7.88. The summed E-state index contributed by atoms with van der Waals surface area (Å²) in [6, 6.07) is 13.7. The normalized spacial score (nSPS) is 10.7. The van der Waals surface area contributed by atoms with Crippen molar-refractivity contribution in [1.82, 2.24) is 0 Å². The van der Waals surface area contributed by atoms with E-state index in [1.165, 1.54) is 11.1 Å². The molecule has 0 aromatic heterocycles. The Morgan fingerprint density at radius 2 is 1.53 bits per heavy atom. The number of allylic oxidation sites excluding steroid dienone is 1. The number of hydrogen-bond donors (Lipinski definition) is 1. The van der Waals surface area contributed by atoms with E-state index in [9.17, 15) is 5.11 Å². The van der Waals surface area contributed by atoms with Crippen LogP contribution in [0.5, 0.6) is 5.75 Å². The van der Waals surface area contributed by atoms with Gasteiger partial charge >= 0.3 is 0 Å². The Morgan fingerprint density at radius 3 is 2.26 bits per heavy atom. The average molecular weight is 458 g/mol. The van der Waals surface area contributed by atoms with Crippen LogP contribution in [0.25, 0.3) is 17.2 Å².